The molecule has 3 rings (SSSR count). The highest BCUT2D eigenvalue weighted by molar-refractivity contribution is 9.10. The van der Waals surface area contributed by atoms with Crippen molar-refractivity contribution in [1.82, 2.24) is 10.2 Å². The number of amides is 1. The van der Waals surface area contributed by atoms with Gasteiger partial charge < -0.3 is 5.32 Å². The molecule has 1 N–H and O–H groups in total. The van der Waals surface area contributed by atoms with Crippen molar-refractivity contribution in [2.45, 2.75) is 57.7 Å². The van der Waals surface area contributed by atoms with Crippen molar-refractivity contribution < 1.29 is 9.72 Å². The number of benzene rings is 1. The lowest BCUT2D eigenvalue weighted by atomic mass is 9.97. The predicted octanol–water partition coefficient (Wildman–Crippen LogP) is 3.16. The first kappa shape index (κ1) is 17.4. The third kappa shape index (κ3) is 3.47. The molecule has 7 heteroatoms. The molecule has 2 aliphatic rings. The van der Waals surface area contributed by atoms with E-state index in [4.69, 9.17) is 0 Å². The number of nitrogens with zero attached hydrogens (tertiary/aromatic N) is 2. The summed E-state index contributed by atoms with van der Waals surface area (Å²) in [7, 11) is 0. The van der Waals surface area contributed by atoms with E-state index in [2.05, 4.69) is 21.2 Å². The van der Waals surface area contributed by atoms with Gasteiger partial charge in [-0.05, 0) is 37.8 Å². The Morgan fingerprint density at radius 2 is 2.08 bits per heavy atom. The molecule has 0 spiro atoms. The fourth-order valence-corrected chi connectivity index (χ4v) is 4.27. The summed E-state index contributed by atoms with van der Waals surface area (Å²) in [6.07, 6.45) is 5.17. The SMILES string of the molecule is C[C@@H](C(=O)NC1CCCC1)N1CCc2c(Br)ccc([N+](=O)[O-])c2C1. The van der Waals surface area contributed by atoms with E-state index in [9.17, 15) is 14.9 Å². The van der Waals surface area contributed by atoms with Gasteiger partial charge in [0.05, 0.1) is 11.0 Å². The van der Waals surface area contributed by atoms with Crippen LogP contribution in [0.1, 0.15) is 43.7 Å². The number of nitro groups is 1. The van der Waals surface area contributed by atoms with Gasteiger partial charge in [0.1, 0.15) is 0 Å². The molecule has 1 saturated carbocycles. The monoisotopic (exact) mass is 395 g/mol. The van der Waals surface area contributed by atoms with Gasteiger partial charge in [-0.2, -0.15) is 0 Å². The highest BCUT2D eigenvalue weighted by atomic mass is 79.9. The summed E-state index contributed by atoms with van der Waals surface area (Å²) in [5, 5.41) is 14.4. The topological polar surface area (TPSA) is 75.5 Å². The summed E-state index contributed by atoms with van der Waals surface area (Å²) >= 11 is 3.49. The lowest BCUT2D eigenvalue weighted by Gasteiger charge is -2.33. The van der Waals surface area contributed by atoms with Gasteiger partial charge in [0, 0.05) is 35.2 Å². The lowest BCUT2D eigenvalue weighted by Crippen LogP contribution is -2.49. The average Bonchev–Trinajstić information content (AvgIpc) is 3.06. The van der Waals surface area contributed by atoms with Crippen LogP contribution in [0.3, 0.4) is 0 Å². The molecule has 1 amide bonds. The lowest BCUT2D eigenvalue weighted by molar-refractivity contribution is -0.385. The number of rotatable bonds is 4. The molecule has 1 atom stereocenters. The van der Waals surface area contributed by atoms with Crippen LogP contribution in [-0.2, 0) is 17.8 Å². The maximum absolute atomic E-state index is 12.5. The van der Waals surface area contributed by atoms with Crippen LogP contribution < -0.4 is 5.32 Å². The molecule has 1 aromatic carbocycles. The summed E-state index contributed by atoms with van der Waals surface area (Å²) < 4.78 is 0.908. The minimum atomic E-state index is -0.335. The molecule has 0 aromatic heterocycles. The second-order valence-electron chi connectivity index (χ2n) is 6.67. The van der Waals surface area contributed by atoms with Crippen molar-refractivity contribution >= 4 is 27.5 Å². The second kappa shape index (κ2) is 7.19. The van der Waals surface area contributed by atoms with E-state index in [0.717, 1.165) is 35.0 Å². The second-order valence-corrected chi connectivity index (χ2v) is 7.52. The molecule has 6 nitrogen and oxygen atoms in total. The van der Waals surface area contributed by atoms with Crippen LogP contribution in [0.5, 0.6) is 0 Å². The number of carbonyl (C=O) groups is 1. The Morgan fingerprint density at radius 3 is 2.75 bits per heavy atom. The molecule has 0 radical (unpaired) electrons. The van der Waals surface area contributed by atoms with Crippen molar-refractivity contribution in [2.75, 3.05) is 6.54 Å². The van der Waals surface area contributed by atoms with Crippen molar-refractivity contribution in [3.8, 4) is 0 Å². The van der Waals surface area contributed by atoms with E-state index in [1.165, 1.54) is 18.9 Å². The first-order valence-electron chi connectivity index (χ1n) is 8.46. The van der Waals surface area contributed by atoms with E-state index >= 15 is 0 Å². The van der Waals surface area contributed by atoms with Crippen molar-refractivity contribution in [3.63, 3.8) is 0 Å². The maximum Gasteiger partial charge on any atom is 0.274 e. The van der Waals surface area contributed by atoms with E-state index in [-0.39, 0.29) is 22.6 Å². The van der Waals surface area contributed by atoms with Crippen LogP contribution in [0.2, 0.25) is 0 Å². The molecule has 1 aliphatic carbocycles. The predicted molar refractivity (Wildman–Crippen MR) is 94.8 cm³/mol. The number of nitrogens with one attached hydrogen (secondary N) is 1. The molecule has 0 saturated heterocycles. The fraction of sp³-hybridized carbons (Fsp3) is 0.588. The number of hydrogen-bond acceptors (Lipinski definition) is 4. The minimum absolute atomic E-state index is 0.0306. The zero-order valence-electron chi connectivity index (χ0n) is 13.8. The number of hydrogen-bond donors (Lipinski definition) is 1. The summed E-state index contributed by atoms with van der Waals surface area (Å²) in [6.45, 7) is 3.05. The fourth-order valence-electron chi connectivity index (χ4n) is 3.70. The van der Waals surface area contributed by atoms with Gasteiger partial charge in [-0.25, -0.2) is 0 Å². The molecule has 0 unspecified atom stereocenters. The molecule has 130 valence electrons. The molecule has 1 fully saturated rings. The first-order valence-corrected chi connectivity index (χ1v) is 9.25. The van der Waals surface area contributed by atoms with E-state index in [1.54, 1.807) is 6.07 Å². The molecule has 1 heterocycles. The summed E-state index contributed by atoms with van der Waals surface area (Å²) in [5.41, 5.74) is 1.85. The number of fused-ring (bicyclic) bond motifs is 1. The van der Waals surface area contributed by atoms with E-state index < -0.39 is 0 Å². The largest absolute Gasteiger partial charge is 0.352 e. The van der Waals surface area contributed by atoms with Crippen LogP contribution in [-0.4, -0.2) is 34.4 Å². The van der Waals surface area contributed by atoms with Crippen LogP contribution in [0.4, 0.5) is 5.69 Å². The first-order chi connectivity index (χ1) is 11.5. The number of carbonyl (C=O) groups excluding carboxylic acids is 1. The van der Waals surface area contributed by atoms with E-state index in [0.29, 0.717) is 19.0 Å². The Balaban J connectivity index is 1.75. The highest BCUT2D eigenvalue weighted by Crippen LogP contribution is 2.34. The summed E-state index contributed by atoms with van der Waals surface area (Å²) in [6, 6.07) is 3.29. The molecular weight excluding hydrogens is 374 g/mol. The van der Waals surface area contributed by atoms with Gasteiger partial charge in [0.15, 0.2) is 0 Å². The third-order valence-corrected chi connectivity index (χ3v) is 5.93. The molecular formula is C17H22BrN3O3. The number of nitro benzene ring substituents is 1. The molecule has 0 bridgehead atoms. The van der Waals surface area contributed by atoms with Gasteiger partial charge >= 0.3 is 0 Å². The molecule has 24 heavy (non-hydrogen) atoms. The third-order valence-electron chi connectivity index (χ3n) is 5.18. The smallest absolute Gasteiger partial charge is 0.274 e. The molecule has 1 aromatic rings. The Labute approximate surface area is 149 Å². The Bertz CT molecular complexity index is 659. The molecule has 1 aliphatic heterocycles. The summed E-state index contributed by atoms with van der Waals surface area (Å²) in [4.78, 5) is 25.5. The normalized spacial score (nSPS) is 19.8. The van der Waals surface area contributed by atoms with Crippen molar-refractivity contribution in [3.05, 3.63) is 37.8 Å². The Kier molecular flexibility index (Phi) is 5.20. The van der Waals surface area contributed by atoms with Crippen molar-refractivity contribution in [2.24, 2.45) is 0 Å². The highest BCUT2D eigenvalue weighted by Gasteiger charge is 2.31. The Morgan fingerprint density at radius 1 is 1.38 bits per heavy atom. The van der Waals surface area contributed by atoms with Crippen molar-refractivity contribution in [1.29, 1.82) is 0 Å². The van der Waals surface area contributed by atoms with Crippen LogP contribution >= 0.6 is 15.9 Å². The summed E-state index contributed by atoms with van der Waals surface area (Å²) in [5.74, 6) is 0.0306. The van der Waals surface area contributed by atoms with Gasteiger partial charge in [0.25, 0.3) is 5.69 Å². The average molecular weight is 396 g/mol. The van der Waals surface area contributed by atoms with Crippen LogP contribution in [0.25, 0.3) is 0 Å². The minimum Gasteiger partial charge on any atom is -0.352 e. The van der Waals surface area contributed by atoms with Gasteiger partial charge in [-0.15, -0.1) is 0 Å². The maximum atomic E-state index is 12.5. The van der Waals surface area contributed by atoms with Crippen LogP contribution in [0, 0.1) is 10.1 Å². The zero-order valence-corrected chi connectivity index (χ0v) is 15.3. The van der Waals surface area contributed by atoms with Crippen LogP contribution in [0.15, 0.2) is 16.6 Å². The number of halogens is 1. The van der Waals surface area contributed by atoms with Gasteiger partial charge in [-0.3, -0.25) is 19.8 Å². The quantitative estimate of drug-likeness (QED) is 0.627. The van der Waals surface area contributed by atoms with Gasteiger partial charge in [-0.1, -0.05) is 28.8 Å². The Hall–Kier alpha value is -1.47. The van der Waals surface area contributed by atoms with E-state index in [1.807, 2.05) is 11.8 Å². The standard InChI is InChI=1S/C17H22BrN3O3/c1-11(17(22)19-12-4-2-3-5-12)20-9-8-13-14(10-20)16(21(23)24)7-6-15(13)18/h6-7,11-12H,2-5,8-10H2,1H3,(H,19,22)/t11-/m0/s1. The zero-order chi connectivity index (χ0) is 17.3. The van der Waals surface area contributed by atoms with Gasteiger partial charge in [0.2, 0.25) is 5.91 Å².